The molecule has 0 atom stereocenters. The molecule has 32 heavy (non-hydrogen) atoms. The number of aromatic amines is 1. The predicted octanol–water partition coefficient (Wildman–Crippen LogP) is 7.01. The normalized spacial score (nSPS) is 12.0. The van der Waals surface area contributed by atoms with Crippen LogP contribution in [0.15, 0.2) is 41.2 Å². The fraction of sp³-hybridized carbons (Fsp3) is 0.333. The number of fused-ring (bicyclic) bond motifs is 2. The average molecular weight is 675 g/mol. The zero-order valence-electron chi connectivity index (χ0n) is 18.8. The van der Waals surface area contributed by atoms with Crippen LogP contribution >= 0.6 is 56.8 Å². The van der Waals surface area contributed by atoms with Gasteiger partial charge < -0.3 is 4.98 Å². The monoisotopic (exact) mass is 674 g/mol. The van der Waals surface area contributed by atoms with E-state index >= 15 is 0 Å². The zero-order chi connectivity index (χ0) is 23.8. The van der Waals surface area contributed by atoms with Gasteiger partial charge in [-0.3, -0.25) is 4.79 Å². The van der Waals surface area contributed by atoms with Gasteiger partial charge in [-0.25, -0.2) is 15.0 Å². The first-order chi connectivity index (χ1) is 14.8. The maximum Gasteiger partial charge on any atom is 0.258 e. The Morgan fingerprint density at radius 2 is 1.31 bits per heavy atom. The van der Waals surface area contributed by atoms with Crippen molar-refractivity contribution in [3.63, 3.8) is 0 Å². The minimum atomic E-state index is -0.143. The molecule has 1 N–H and O–H groups in total. The molecule has 0 radical (unpaired) electrons. The third-order valence-corrected chi connectivity index (χ3v) is 6.29. The van der Waals surface area contributed by atoms with Crippen LogP contribution < -0.4 is 5.56 Å². The first kappa shape index (κ1) is 25.3. The standard InChI is InChI=1S/C12H12ClIN2.C12H13IN2O/c1-12(2,3)11-15-9-5-4-7(14)6-8(9)10(13)16-11;1-12(2,3)11-14-9-5-4-7(13)6-8(9)10(16)15-11/h4-6H,1-3H3;4-6H,1-3H3,(H,14,15,16). The molecule has 2 aromatic heterocycles. The second kappa shape index (κ2) is 9.50. The Kier molecular flexibility index (Phi) is 7.51. The van der Waals surface area contributed by atoms with E-state index in [-0.39, 0.29) is 16.4 Å². The van der Waals surface area contributed by atoms with Gasteiger partial charge >= 0.3 is 0 Å². The minimum absolute atomic E-state index is 0.0616. The molecule has 0 saturated carbocycles. The molecule has 2 heterocycles. The lowest BCUT2D eigenvalue weighted by Gasteiger charge is -2.17. The van der Waals surface area contributed by atoms with Crippen molar-refractivity contribution in [2.75, 3.05) is 0 Å². The zero-order valence-corrected chi connectivity index (χ0v) is 23.9. The van der Waals surface area contributed by atoms with Crippen LogP contribution in [-0.2, 0) is 10.8 Å². The van der Waals surface area contributed by atoms with Crippen molar-refractivity contribution in [3.05, 3.63) is 70.7 Å². The third kappa shape index (κ3) is 5.96. The molecule has 168 valence electrons. The molecule has 4 rings (SSSR count). The summed E-state index contributed by atoms with van der Waals surface area (Å²) in [4.78, 5) is 28.2. The lowest BCUT2D eigenvalue weighted by atomic mass is 9.95. The van der Waals surface area contributed by atoms with Crippen molar-refractivity contribution in [1.82, 2.24) is 19.9 Å². The van der Waals surface area contributed by atoms with Crippen molar-refractivity contribution in [3.8, 4) is 0 Å². The summed E-state index contributed by atoms with van der Waals surface area (Å²) >= 11 is 10.6. The quantitative estimate of drug-likeness (QED) is 0.161. The molecule has 0 bridgehead atoms. The van der Waals surface area contributed by atoms with Crippen LogP contribution in [0, 0.1) is 7.14 Å². The molecule has 0 aliphatic rings. The van der Waals surface area contributed by atoms with Crippen LogP contribution in [0.4, 0.5) is 0 Å². The Hall–Kier alpha value is -1.33. The van der Waals surface area contributed by atoms with Gasteiger partial charge in [0.1, 0.15) is 16.8 Å². The highest BCUT2D eigenvalue weighted by Gasteiger charge is 2.19. The van der Waals surface area contributed by atoms with Gasteiger partial charge in [-0.1, -0.05) is 53.1 Å². The number of aromatic nitrogens is 4. The summed E-state index contributed by atoms with van der Waals surface area (Å²) in [5.41, 5.74) is 1.38. The van der Waals surface area contributed by atoms with E-state index in [1.54, 1.807) is 0 Å². The van der Waals surface area contributed by atoms with Crippen molar-refractivity contribution >= 4 is 78.6 Å². The number of benzene rings is 2. The number of rotatable bonds is 0. The second-order valence-corrected chi connectivity index (χ2v) is 12.4. The van der Waals surface area contributed by atoms with E-state index in [0.717, 1.165) is 35.2 Å². The molecule has 0 aliphatic heterocycles. The topological polar surface area (TPSA) is 71.5 Å². The van der Waals surface area contributed by atoms with Crippen molar-refractivity contribution < 1.29 is 0 Å². The Labute approximate surface area is 220 Å². The van der Waals surface area contributed by atoms with E-state index in [4.69, 9.17) is 11.6 Å². The van der Waals surface area contributed by atoms with Gasteiger partial charge in [0.15, 0.2) is 0 Å². The highest BCUT2D eigenvalue weighted by molar-refractivity contribution is 14.1. The molecule has 0 unspecified atom stereocenters. The highest BCUT2D eigenvalue weighted by atomic mass is 127. The predicted molar refractivity (Wildman–Crippen MR) is 150 cm³/mol. The lowest BCUT2D eigenvalue weighted by molar-refractivity contribution is 0.546. The molecule has 8 heteroatoms. The molecule has 2 aromatic carbocycles. The van der Waals surface area contributed by atoms with Crippen LogP contribution in [0.2, 0.25) is 5.15 Å². The van der Waals surface area contributed by atoms with Gasteiger partial charge in [0.25, 0.3) is 5.56 Å². The molecular weight excluding hydrogens is 650 g/mol. The Balaban J connectivity index is 0.000000181. The maximum absolute atomic E-state index is 11.9. The number of hydrogen-bond acceptors (Lipinski definition) is 4. The van der Waals surface area contributed by atoms with Gasteiger partial charge in [-0.15, -0.1) is 0 Å². The summed E-state index contributed by atoms with van der Waals surface area (Å²) < 4.78 is 2.18. The van der Waals surface area contributed by atoms with Crippen molar-refractivity contribution in [2.45, 2.75) is 52.4 Å². The van der Waals surface area contributed by atoms with Crippen LogP contribution in [0.1, 0.15) is 53.2 Å². The van der Waals surface area contributed by atoms with Gasteiger partial charge in [0, 0.05) is 23.4 Å². The SMILES string of the molecule is CC(C)(C)c1nc(Cl)c2cc(I)ccc2n1.CC(C)(C)c1nc2ccc(I)cc2c(=O)[nH]1. The lowest BCUT2D eigenvalue weighted by Crippen LogP contribution is -2.22. The molecule has 0 aliphatic carbocycles. The first-order valence-electron chi connectivity index (χ1n) is 10.1. The maximum atomic E-state index is 11.9. The molecule has 0 fully saturated rings. The molecule has 0 saturated heterocycles. The molecule has 4 aromatic rings. The summed E-state index contributed by atoms with van der Waals surface area (Å²) in [6, 6.07) is 11.7. The summed E-state index contributed by atoms with van der Waals surface area (Å²) in [6.07, 6.45) is 0. The van der Waals surface area contributed by atoms with Crippen molar-refractivity contribution in [2.24, 2.45) is 0 Å². The van der Waals surface area contributed by atoms with E-state index in [0.29, 0.717) is 10.5 Å². The van der Waals surface area contributed by atoms with E-state index in [9.17, 15) is 4.79 Å². The van der Waals surface area contributed by atoms with Gasteiger partial charge in [0.05, 0.1) is 16.4 Å². The smallest absolute Gasteiger partial charge is 0.258 e. The van der Waals surface area contributed by atoms with Gasteiger partial charge in [0.2, 0.25) is 0 Å². The minimum Gasteiger partial charge on any atom is -0.310 e. The number of hydrogen-bond donors (Lipinski definition) is 1. The third-order valence-electron chi connectivity index (χ3n) is 4.66. The number of nitrogens with one attached hydrogen (secondary N) is 1. The van der Waals surface area contributed by atoms with Gasteiger partial charge in [-0.2, -0.15) is 0 Å². The number of halogens is 3. The van der Waals surface area contributed by atoms with E-state index < -0.39 is 0 Å². The summed E-state index contributed by atoms with van der Waals surface area (Å²) in [6.45, 7) is 12.3. The van der Waals surface area contributed by atoms with Gasteiger partial charge in [-0.05, 0) is 81.6 Å². The van der Waals surface area contributed by atoms with Crippen molar-refractivity contribution in [1.29, 1.82) is 0 Å². The molecular formula is C24H25ClI2N4O. The van der Waals surface area contributed by atoms with E-state index in [1.165, 1.54) is 0 Å². The van der Waals surface area contributed by atoms with Crippen LogP contribution in [0.3, 0.4) is 0 Å². The fourth-order valence-corrected chi connectivity index (χ4v) is 4.08. The second-order valence-electron chi connectivity index (χ2n) is 9.58. The Morgan fingerprint density at radius 3 is 1.84 bits per heavy atom. The number of nitrogens with zero attached hydrogens (tertiary/aromatic N) is 3. The molecule has 0 amide bonds. The summed E-state index contributed by atoms with van der Waals surface area (Å²) in [7, 11) is 0. The fourth-order valence-electron chi connectivity index (χ4n) is 2.86. The molecule has 5 nitrogen and oxygen atoms in total. The summed E-state index contributed by atoms with van der Waals surface area (Å²) in [5.74, 6) is 1.51. The largest absolute Gasteiger partial charge is 0.310 e. The Bertz CT molecular complexity index is 1350. The van der Waals surface area contributed by atoms with E-state index in [2.05, 4.69) is 85.9 Å². The summed E-state index contributed by atoms with van der Waals surface area (Å²) in [5, 5.41) is 2.11. The van der Waals surface area contributed by atoms with Crippen LogP contribution in [0.5, 0.6) is 0 Å². The van der Waals surface area contributed by atoms with E-state index in [1.807, 2.05) is 57.2 Å². The van der Waals surface area contributed by atoms with Crippen LogP contribution in [-0.4, -0.2) is 19.9 Å². The Morgan fingerprint density at radius 1 is 0.781 bits per heavy atom. The van der Waals surface area contributed by atoms with Crippen LogP contribution in [0.25, 0.3) is 21.8 Å². The first-order valence-corrected chi connectivity index (χ1v) is 12.6. The number of H-pyrrole nitrogens is 1. The highest BCUT2D eigenvalue weighted by Crippen LogP contribution is 2.27. The molecule has 0 spiro atoms. The average Bonchev–Trinajstić information content (AvgIpc) is 2.68.